The third-order valence-electron chi connectivity index (χ3n) is 2.93. The van der Waals surface area contributed by atoms with E-state index in [1.54, 1.807) is 11.8 Å². The Morgan fingerprint density at radius 1 is 1.53 bits per heavy atom. The molecule has 0 saturated carbocycles. The molecule has 1 aromatic rings. The first-order chi connectivity index (χ1) is 8.90. The van der Waals surface area contributed by atoms with E-state index in [1.807, 2.05) is 0 Å². The van der Waals surface area contributed by atoms with Crippen molar-refractivity contribution in [3.8, 4) is 0 Å². The first-order valence-electron chi connectivity index (χ1n) is 5.72. The van der Waals surface area contributed by atoms with E-state index in [1.165, 1.54) is 0 Å². The van der Waals surface area contributed by atoms with Gasteiger partial charge in [-0.1, -0.05) is 11.6 Å². The number of hydrogen-bond donors (Lipinski definition) is 2. The van der Waals surface area contributed by atoms with Crippen LogP contribution in [0.5, 0.6) is 0 Å². The van der Waals surface area contributed by atoms with Crippen LogP contribution in [0.2, 0.25) is 5.02 Å². The molecular weight excluding hydrogens is 311 g/mol. The summed E-state index contributed by atoms with van der Waals surface area (Å²) in [6.45, 7) is 0.364. The molecule has 1 atom stereocenters. The summed E-state index contributed by atoms with van der Waals surface area (Å²) in [7, 11) is -3.76. The van der Waals surface area contributed by atoms with Gasteiger partial charge in [-0.3, -0.25) is 0 Å². The van der Waals surface area contributed by atoms with Crippen LogP contribution in [-0.4, -0.2) is 26.5 Å². The summed E-state index contributed by atoms with van der Waals surface area (Å²) >= 11 is 7.57. The van der Waals surface area contributed by atoms with Crippen LogP contribution in [0.4, 0.5) is 10.1 Å². The van der Waals surface area contributed by atoms with Crippen molar-refractivity contribution >= 4 is 39.1 Å². The van der Waals surface area contributed by atoms with Gasteiger partial charge in [0.1, 0.15) is 10.7 Å². The maximum Gasteiger partial charge on any atom is 0.242 e. The van der Waals surface area contributed by atoms with Crippen molar-refractivity contribution in [2.45, 2.75) is 11.3 Å². The van der Waals surface area contributed by atoms with E-state index in [9.17, 15) is 12.8 Å². The van der Waals surface area contributed by atoms with Gasteiger partial charge in [0.05, 0.1) is 10.7 Å². The van der Waals surface area contributed by atoms with Gasteiger partial charge in [0, 0.05) is 6.54 Å². The van der Waals surface area contributed by atoms with Crippen molar-refractivity contribution in [3.63, 3.8) is 0 Å². The third kappa shape index (κ3) is 3.53. The summed E-state index contributed by atoms with van der Waals surface area (Å²) in [4.78, 5) is -0.182. The molecular formula is C11H14ClFN2O2S2. The van der Waals surface area contributed by atoms with Gasteiger partial charge in [-0.15, -0.1) is 0 Å². The number of sulfonamides is 1. The van der Waals surface area contributed by atoms with Gasteiger partial charge < -0.3 is 5.73 Å². The SMILES string of the molecule is Nc1cc(S(=O)(=O)NCC2CCSC2)c(Cl)cc1F. The standard InChI is InChI=1S/C11H14ClFN2O2S2/c12-8-3-9(13)10(14)4-11(8)19(16,17)15-5-7-1-2-18-6-7/h3-4,7,15H,1-2,5-6,14H2. The minimum absolute atomic E-state index is 0.167. The summed E-state index contributed by atoms with van der Waals surface area (Å²) in [5, 5.41) is -0.167. The topological polar surface area (TPSA) is 72.2 Å². The predicted octanol–water partition coefficient (Wildman–Crippen LogP) is 2.09. The van der Waals surface area contributed by atoms with E-state index in [4.69, 9.17) is 17.3 Å². The Morgan fingerprint density at radius 3 is 2.89 bits per heavy atom. The van der Waals surface area contributed by atoms with Crippen LogP contribution in [0.15, 0.2) is 17.0 Å². The van der Waals surface area contributed by atoms with Gasteiger partial charge >= 0.3 is 0 Å². The highest BCUT2D eigenvalue weighted by atomic mass is 35.5. The number of halogens is 2. The summed E-state index contributed by atoms with van der Waals surface area (Å²) in [5.41, 5.74) is 5.14. The summed E-state index contributed by atoms with van der Waals surface area (Å²) < 4.78 is 39.8. The van der Waals surface area contributed by atoms with Crippen molar-refractivity contribution in [2.24, 2.45) is 5.92 Å². The smallest absolute Gasteiger partial charge is 0.242 e. The molecule has 2 rings (SSSR count). The molecule has 0 bridgehead atoms. The molecule has 1 heterocycles. The molecule has 1 saturated heterocycles. The summed E-state index contributed by atoms with van der Waals surface area (Å²) in [6, 6.07) is 1.96. The van der Waals surface area contributed by atoms with Crippen LogP contribution in [0.25, 0.3) is 0 Å². The average Bonchev–Trinajstić information content (AvgIpc) is 2.84. The van der Waals surface area contributed by atoms with Crippen LogP contribution in [0.3, 0.4) is 0 Å². The molecule has 0 amide bonds. The van der Waals surface area contributed by atoms with E-state index < -0.39 is 15.8 Å². The minimum Gasteiger partial charge on any atom is -0.396 e. The first-order valence-corrected chi connectivity index (χ1v) is 8.73. The lowest BCUT2D eigenvalue weighted by molar-refractivity contribution is 0.545. The molecule has 106 valence electrons. The van der Waals surface area contributed by atoms with Crippen molar-refractivity contribution in [2.75, 3.05) is 23.8 Å². The normalized spacial score (nSPS) is 19.8. The number of thioether (sulfide) groups is 1. The number of rotatable bonds is 4. The number of anilines is 1. The highest BCUT2D eigenvalue weighted by Crippen LogP contribution is 2.27. The Kier molecular flexibility index (Phi) is 4.60. The molecule has 8 heteroatoms. The van der Waals surface area contributed by atoms with Crippen LogP contribution < -0.4 is 10.5 Å². The Balaban J connectivity index is 2.16. The molecule has 1 fully saturated rings. The second-order valence-electron chi connectivity index (χ2n) is 4.39. The second kappa shape index (κ2) is 5.87. The molecule has 0 aliphatic carbocycles. The number of nitrogens with one attached hydrogen (secondary N) is 1. The number of nitrogens with two attached hydrogens (primary N) is 1. The lowest BCUT2D eigenvalue weighted by Crippen LogP contribution is -2.29. The Bertz CT molecular complexity index is 574. The maximum absolute atomic E-state index is 13.2. The summed E-state index contributed by atoms with van der Waals surface area (Å²) in [6.07, 6.45) is 0.993. The average molecular weight is 325 g/mol. The van der Waals surface area contributed by atoms with Crippen molar-refractivity contribution in [3.05, 3.63) is 23.0 Å². The quantitative estimate of drug-likeness (QED) is 0.832. The van der Waals surface area contributed by atoms with Gasteiger partial charge in [0.2, 0.25) is 10.0 Å². The number of nitrogen functional groups attached to an aromatic ring is 1. The van der Waals surface area contributed by atoms with Crippen LogP contribution in [0, 0.1) is 11.7 Å². The molecule has 0 aromatic heterocycles. The van der Waals surface area contributed by atoms with E-state index >= 15 is 0 Å². The van der Waals surface area contributed by atoms with E-state index in [0.717, 1.165) is 30.1 Å². The lowest BCUT2D eigenvalue weighted by atomic mass is 10.1. The Labute approximate surface area is 120 Å². The van der Waals surface area contributed by atoms with Crippen LogP contribution >= 0.6 is 23.4 Å². The molecule has 3 N–H and O–H groups in total. The molecule has 19 heavy (non-hydrogen) atoms. The van der Waals surface area contributed by atoms with Crippen LogP contribution in [0.1, 0.15) is 6.42 Å². The van der Waals surface area contributed by atoms with Gasteiger partial charge in [0.15, 0.2) is 0 Å². The van der Waals surface area contributed by atoms with Gasteiger partial charge in [-0.25, -0.2) is 17.5 Å². The fourth-order valence-electron chi connectivity index (χ4n) is 1.80. The highest BCUT2D eigenvalue weighted by molar-refractivity contribution is 7.99. The molecule has 1 aromatic carbocycles. The molecule has 4 nitrogen and oxygen atoms in total. The van der Waals surface area contributed by atoms with Gasteiger partial charge in [-0.05, 0) is 36.0 Å². The zero-order valence-electron chi connectivity index (χ0n) is 10.0. The molecule has 0 spiro atoms. The monoisotopic (exact) mass is 324 g/mol. The molecule has 1 aliphatic heterocycles. The fourth-order valence-corrected chi connectivity index (χ4v) is 4.75. The first kappa shape index (κ1) is 14.9. The number of hydrogen-bond acceptors (Lipinski definition) is 4. The largest absolute Gasteiger partial charge is 0.396 e. The van der Waals surface area contributed by atoms with Gasteiger partial charge in [-0.2, -0.15) is 11.8 Å². The minimum atomic E-state index is -3.76. The molecule has 1 unspecified atom stereocenters. The van der Waals surface area contributed by atoms with E-state index in [2.05, 4.69) is 4.72 Å². The second-order valence-corrected chi connectivity index (χ2v) is 7.68. The van der Waals surface area contributed by atoms with Crippen LogP contribution in [-0.2, 0) is 10.0 Å². The van der Waals surface area contributed by atoms with Crippen molar-refractivity contribution in [1.82, 2.24) is 4.72 Å². The fraction of sp³-hybridized carbons (Fsp3) is 0.455. The number of benzene rings is 1. The van der Waals surface area contributed by atoms with Crippen molar-refractivity contribution < 1.29 is 12.8 Å². The molecule has 0 radical (unpaired) electrons. The maximum atomic E-state index is 13.2. The zero-order valence-corrected chi connectivity index (χ0v) is 12.4. The Hall–Kier alpha value is -0.500. The molecule has 1 aliphatic rings. The van der Waals surface area contributed by atoms with E-state index in [0.29, 0.717) is 12.5 Å². The highest BCUT2D eigenvalue weighted by Gasteiger charge is 2.23. The van der Waals surface area contributed by atoms with Gasteiger partial charge in [0.25, 0.3) is 0 Å². The lowest BCUT2D eigenvalue weighted by Gasteiger charge is -2.12. The third-order valence-corrected chi connectivity index (χ3v) is 6.05. The van der Waals surface area contributed by atoms with Crippen molar-refractivity contribution in [1.29, 1.82) is 0 Å². The predicted molar refractivity (Wildman–Crippen MR) is 76.4 cm³/mol. The zero-order chi connectivity index (χ0) is 14.0. The Morgan fingerprint density at radius 2 is 2.26 bits per heavy atom. The summed E-state index contributed by atoms with van der Waals surface area (Å²) in [5.74, 6) is 1.60. The van der Waals surface area contributed by atoms with E-state index in [-0.39, 0.29) is 15.6 Å².